The maximum Gasteiger partial charge on any atom is 0.255 e. The Bertz CT molecular complexity index is 609. The molecule has 2 heterocycles. The number of fused-ring (bicyclic) bond motifs is 1. The van der Waals surface area contributed by atoms with Crippen molar-refractivity contribution in [1.29, 1.82) is 0 Å². The molecule has 1 saturated heterocycles. The SMILES string of the molecule is CCN(CC)Cc1cc(C(=O)N[C@H]2[C@H]3CCO[C@H]3[C@@H]2N(C)C)c(C)o1. The zero-order valence-electron chi connectivity index (χ0n) is 16.0. The van der Waals surface area contributed by atoms with Crippen LogP contribution < -0.4 is 5.32 Å². The molecule has 2 aliphatic rings. The van der Waals surface area contributed by atoms with E-state index in [-0.39, 0.29) is 24.1 Å². The third-order valence-electron chi connectivity index (χ3n) is 5.73. The first-order chi connectivity index (χ1) is 12.0. The van der Waals surface area contributed by atoms with E-state index < -0.39 is 0 Å². The summed E-state index contributed by atoms with van der Waals surface area (Å²) in [6, 6.07) is 2.30. The molecule has 0 bridgehead atoms. The van der Waals surface area contributed by atoms with Gasteiger partial charge in [0.05, 0.1) is 30.3 Å². The fraction of sp³-hybridized carbons (Fsp3) is 0.737. The second kappa shape index (κ2) is 7.48. The number of aryl methyl sites for hydroxylation is 1. The third kappa shape index (κ3) is 3.48. The van der Waals surface area contributed by atoms with Gasteiger partial charge >= 0.3 is 0 Å². The van der Waals surface area contributed by atoms with Crippen molar-refractivity contribution in [3.05, 3.63) is 23.2 Å². The molecule has 1 aliphatic heterocycles. The van der Waals surface area contributed by atoms with Gasteiger partial charge in [-0.05, 0) is 46.6 Å². The van der Waals surface area contributed by atoms with Crippen LogP contribution in [0.2, 0.25) is 0 Å². The van der Waals surface area contributed by atoms with Crippen LogP contribution in [0.3, 0.4) is 0 Å². The molecule has 2 fully saturated rings. The van der Waals surface area contributed by atoms with Crippen LogP contribution in [0.4, 0.5) is 0 Å². The first kappa shape index (κ1) is 18.4. The van der Waals surface area contributed by atoms with Crippen molar-refractivity contribution in [2.75, 3.05) is 33.8 Å². The summed E-state index contributed by atoms with van der Waals surface area (Å²) in [6.07, 6.45) is 1.28. The normalized spacial score (nSPS) is 28.3. The first-order valence-corrected chi connectivity index (χ1v) is 9.36. The molecule has 1 aliphatic carbocycles. The van der Waals surface area contributed by atoms with E-state index in [1.165, 1.54) is 0 Å². The minimum absolute atomic E-state index is 0.0331. The molecule has 6 nitrogen and oxygen atoms in total. The second-order valence-electron chi connectivity index (χ2n) is 7.39. The van der Waals surface area contributed by atoms with Gasteiger partial charge in [-0.2, -0.15) is 0 Å². The molecule has 4 atom stereocenters. The summed E-state index contributed by atoms with van der Waals surface area (Å²) in [5.74, 6) is 1.94. The molecule has 1 saturated carbocycles. The smallest absolute Gasteiger partial charge is 0.255 e. The molecular weight excluding hydrogens is 318 g/mol. The van der Waals surface area contributed by atoms with Crippen molar-refractivity contribution in [2.24, 2.45) is 5.92 Å². The number of rotatable bonds is 7. The van der Waals surface area contributed by atoms with Gasteiger partial charge in [-0.25, -0.2) is 0 Å². The lowest BCUT2D eigenvalue weighted by molar-refractivity contribution is -0.0664. The number of nitrogens with zero attached hydrogens (tertiary/aromatic N) is 2. The number of furan rings is 1. The Morgan fingerprint density at radius 3 is 2.68 bits per heavy atom. The molecule has 0 unspecified atom stereocenters. The molecule has 140 valence electrons. The number of nitrogens with one attached hydrogen (secondary N) is 1. The number of carbonyl (C=O) groups excluding carboxylic acids is 1. The third-order valence-corrected chi connectivity index (χ3v) is 5.73. The molecular formula is C19H31N3O3. The van der Waals surface area contributed by atoms with E-state index in [1.54, 1.807) is 0 Å². The summed E-state index contributed by atoms with van der Waals surface area (Å²) >= 11 is 0. The fourth-order valence-corrected chi connectivity index (χ4v) is 4.23. The Morgan fingerprint density at radius 1 is 1.32 bits per heavy atom. The second-order valence-corrected chi connectivity index (χ2v) is 7.39. The van der Waals surface area contributed by atoms with Gasteiger partial charge in [-0.3, -0.25) is 9.69 Å². The van der Waals surface area contributed by atoms with Gasteiger partial charge < -0.3 is 19.4 Å². The minimum Gasteiger partial charge on any atom is -0.464 e. The van der Waals surface area contributed by atoms with Crippen LogP contribution >= 0.6 is 0 Å². The number of amides is 1. The van der Waals surface area contributed by atoms with Gasteiger partial charge in [-0.15, -0.1) is 0 Å². The Kier molecular flexibility index (Phi) is 5.51. The maximum absolute atomic E-state index is 12.8. The zero-order valence-corrected chi connectivity index (χ0v) is 16.0. The molecule has 1 aromatic heterocycles. The first-order valence-electron chi connectivity index (χ1n) is 9.36. The standard InChI is InChI=1S/C19H31N3O3/c1-6-22(7-2)11-13-10-15(12(3)25-13)19(23)20-16-14-8-9-24-18(14)17(16)21(4)5/h10,14,16-18H,6-9,11H2,1-5H3,(H,20,23)/t14-,16+,17-,18-/m1/s1. The predicted molar refractivity (Wildman–Crippen MR) is 96.6 cm³/mol. The zero-order chi connectivity index (χ0) is 18.1. The van der Waals surface area contributed by atoms with Gasteiger partial charge in [0.15, 0.2) is 0 Å². The number of carbonyl (C=O) groups is 1. The number of hydrogen-bond acceptors (Lipinski definition) is 5. The molecule has 6 heteroatoms. The van der Waals surface area contributed by atoms with Crippen molar-refractivity contribution < 1.29 is 13.9 Å². The number of likely N-dealkylation sites (N-methyl/N-ethyl adjacent to an activating group) is 1. The van der Waals surface area contributed by atoms with E-state index in [2.05, 4.69) is 29.0 Å². The Labute approximate surface area is 150 Å². The molecule has 0 aromatic carbocycles. The van der Waals surface area contributed by atoms with Crippen molar-refractivity contribution >= 4 is 5.91 Å². The van der Waals surface area contributed by atoms with Crippen LogP contribution in [0.15, 0.2) is 10.5 Å². The Hall–Kier alpha value is -1.37. The Balaban J connectivity index is 1.68. The van der Waals surface area contributed by atoms with Gasteiger partial charge in [0, 0.05) is 12.5 Å². The lowest BCUT2D eigenvalue weighted by atomic mass is 9.71. The molecule has 3 rings (SSSR count). The highest BCUT2D eigenvalue weighted by Crippen LogP contribution is 2.41. The van der Waals surface area contributed by atoms with Gasteiger partial charge in [-0.1, -0.05) is 13.8 Å². The number of hydrogen-bond donors (Lipinski definition) is 1. The summed E-state index contributed by atoms with van der Waals surface area (Å²) < 4.78 is 11.6. The lowest BCUT2D eigenvalue weighted by Gasteiger charge is -2.50. The molecule has 0 radical (unpaired) electrons. The van der Waals surface area contributed by atoms with E-state index in [0.29, 0.717) is 17.2 Å². The van der Waals surface area contributed by atoms with E-state index in [0.717, 1.165) is 38.4 Å². The largest absolute Gasteiger partial charge is 0.464 e. The van der Waals surface area contributed by atoms with Crippen LogP contribution in [0.5, 0.6) is 0 Å². The Morgan fingerprint density at radius 2 is 2.04 bits per heavy atom. The van der Waals surface area contributed by atoms with E-state index in [4.69, 9.17) is 9.15 Å². The summed E-state index contributed by atoms with van der Waals surface area (Å²) in [7, 11) is 4.10. The molecule has 1 N–H and O–H groups in total. The monoisotopic (exact) mass is 349 g/mol. The van der Waals surface area contributed by atoms with Gasteiger partial charge in [0.25, 0.3) is 5.91 Å². The maximum atomic E-state index is 12.8. The lowest BCUT2D eigenvalue weighted by Crippen LogP contribution is -2.69. The highest BCUT2D eigenvalue weighted by Gasteiger charge is 2.55. The van der Waals surface area contributed by atoms with Crippen LogP contribution in [0.1, 0.15) is 42.1 Å². The molecule has 1 aromatic rings. The highest BCUT2D eigenvalue weighted by molar-refractivity contribution is 5.95. The average molecular weight is 349 g/mol. The summed E-state index contributed by atoms with van der Waals surface area (Å²) in [5.41, 5.74) is 0.655. The summed E-state index contributed by atoms with van der Waals surface area (Å²) in [6.45, 7) is 9.59. The predicted octanol–water partition coefficient (Wildman–Crippen LogP) is 1.88. The van der Waals surface area contributed by atoms with E-state index in [1.807, 2.05) is 27.1 Å². The summed E-state index contributed by atoms with van der Waals surface area (Å²) in [4.78, 5) is 17.3. The average Bonchev–Trinajstić information content (AvgIpc) is 3.13. The minimum atomic E-state index is -0.0331. The van der Waals surface area contributed by atoms with Crippen molar-refractivity contribution in [1.82, 2.24) is 15.1 Å². The van der Waals surface area contributed by atoms with Crippen LogP contribution in [0.25, 0.3) is 0 Å². The molecule has 0 spiro atoms. The molecule has 25 heavy (non-hydrogen) atoms. The fourth-order valence-electron chi connectivity index (χ4n) is 4.23. The number of ether oxygens (including phenoxy) is 1. The van der Waals surface area contributed by atoms with Crippen molar-refractivity contribution in [3.63, 3.8) is 0 Å². The highest BCUT2D eigenvalue weighted by atomic mass is 16.5. The van der Waals surface area contributed by atoms with E-state index >= 15 is 0 Å². The van der Waals surface area contributed by atoms with Gasteiger partial charge in [0.2, 0.25) is 0 Å². The van der Waals surface area contributed by atoms with Crippen molar-refractivity contribution in [3.8, 4) is 0 Å². The molecule has 1 amide bonds. The quantitative estimate of drug-likeness (QED) is 0.814. The summed E-state index contributed by atoms with van der Waals surface area (Å²) in [5, 5.41) is 3.24. The van der Waals surface area contributed by atoms with Crippen LogP contribution in [-0.2, 0) is 11.3 Å². The van der Waals surface area contributed by atoms with Crippen LogP contribution in [-0.4, -0.2) is 67.7 Å². The topological polar surface area (TPSA) is 58.0 Å². The van der Waals surface area contributed by atoms with Gasteiger partial charge in [0.1, 0.15) is 11.5 Å². The van der Waals surface area contributed by atoms with E-state index in [9.17, 15) is 4.79 Å². The van der Waals surface area contributed by atoms with Crippen LogP contribution in [0, 0.1) is 12.8 Å². The van der Waals surface area contributed by atoms with Crippen molar-refractivity contribution in [2.45, 2.75) is 51.9 Å².